The van der Waals surface area contributed by atoms with Crippen molar-refractivity contribution in [1.82, 2.24) is 5.32 Å². The number of carbonyl (C=O) groups excluding carboxylic acids is 1. The number of aryl methyl sites for hydroxylation is 1. The van der Waals surface area contributed by atoms with Gasteiger partial charge in [-0.25, -0.2) is 0 Å². The van der Waals surface area contributed by atoms with E-state index in [1.54, 1.807) is 0 Å². The number of hydrogen-bond donors (Lipinski definition) is 2. The summed E-state index contributed by atoms with van der Waals surface area (Å²) in [6.07, 6.45) is 7.35. The lowest BCUT2D eigenvalue weighted by Crippen LogP contribution is -2.39. The molecule has 0 aliphatic heterocycles. The van der Waals surface area contributed by atoms with Crippen molar-refractivity contribution in [3.05, 3.63) is 33.8 Å². The van der Waals surface area contributed by atoms with Crippen LogP contribution in [0.5, 0.6) is 0 Å². The molecule has 1 unspecified atom stereocenters. The maximum Gasteiger partial charge on any atom is 0.239 e. The van der Waals surface area contributed by atoms with Crippen LogP contribution in [-0.4, -0.2) is 11.9 Å². The highest BCUT2D eigenvalue weighted by molar-refractivity contribution is 9.10. The molecular formula is C16H23BrN2O. The van der Waals surface area contributed by atoms with E-state index in [-0.39, 0.29) is 5.91 Å². The molecule has 1 aliphatic rings. The monoisotopic (exact) mass is 338 g/mol. The second kappa shape index (κ2) is 7.23. The topological polar surface area (TPSA) is 55.1 Å². The molecule has 1 aliphatic carbocycles. The average molecular weight is 339 g/mol. The number of amides is 1. The Kier molecular flexibility index (Phi) is 5.61. The third kappa shape index (κ3) is 4.06. The fraction of sp³-hybridized carbons (Fsp3) is 0.562. The quantitative estimate of drug-likeness (QED) is 0.824. The van der Waals surface area contributed by atoms with Gasteiger partial charge in [-0.05, 0) is 37.0 Å². The largest absolute Gasteiger partial charge is 0.368 e. The number of halogens is 1. The van der Waals surface area contributed by atoms with Crippen LogP contribution >= 0.6 is 15.9 Å². The Morgan fingerprint density at radius 2 is 1.95 bits per heavy atom. The smallest absolute Gasteiger partial charge is 0.239 e. The zero-order valence-corrected chi connectivity index (χ0v) is 13.6. The Hall–Kier alpha value is -0.870. The zero-order chi connectivity index (χ0) is 14.5. The van der Waals surface area contributed by atoms with Gasteiger partial charge in [0.1, 0.15) is 6.04 Å². The van der Waals surface area contributed by atoms with Gasteiger partial charge >= 0.3 is 0 Å². The molecule has 1 atom stereocenters. The molecule has 1 aromatic carbocycles. The third-order valence-corrected chi connectivity index (χ3v) is 4.93. The van der Waals surface area contributed by atoms with Crippen LogP contribution in [-0.2, 0) is 4.79 Å². The molecule has 2 rings (SSSR count). The molecular weight excluding hydrogens is 316 g/mol. The highest BCUT2D eigenvalue weighted by atomic mass is 79.9. The van der Waals surface area contributed by atoms with Gasteiger partial charge in [-0.1, -0.05) is 53.7 Å². The van der Waals surface area contributed by atoms with E-state index in [2.05, 4.69) is 21.2 Å². The van der Waals surface area contributed by atoms with E-state index >= 15 is 0 Å². The highest BCUT2D eigenvalue weighted by Gasteiger charge is 2.22. The van der Waals surface area contributed by atoms with Gasteiger partial charge in [0, 0.05) is 10.5 Å². The lowest BCUT2D eigenvalue weighted by atomic mass is 10.0. The Balaban J connectivity index is 2.13. The minimum Gasteiger partial charge on any atom is -0.368 e. The second-order valence-corrected chi connectivity index (χ2v) is 6.55. The molecule has 0 heterocycles. The van der Waals surface area contributed by atoms with Crippen LogP contribution in [0.3, 0.4) is 0 Å². The van der Waals surface area contributed by atoms with Gasteiger partial charge in [-0.15, -0.1) is 0 Å². The molecule has 20 heavy (non-hydrogen) atoms. The Morgan fingerprint density at radius 1 is 1.30 bits per heavy atom. The zero-order valence-electron chi connectivity index (χ0n) is 12.0. The van der Waals surface area contributed by atoms with Gasteiger partial charge in [-0.2, -0.15) is 0 Å². The summed E-state index contributed by atoms with van der Waals surface area (Å²) in [5, 5.41) is 3.46. The summed E-state index contributed by atoms with van der Waals surface area (Å²) in [4.78, 5) is 11.8. The second-order valence-electron chi connectivity index (χ2n) is 5.70. The van der Waals surface area contributed by atoms with Crippen molar-refractivity contribution in [3.63, 3.8) is 0 Å². The maximum atomic E-state index is 11.8. The highest BCUT2D eigenvalue weighted by Crippen LogP contribution is 2.24. The fourth-order valence-corrected chi connectivity index (χ4v) is 3.21. The van der Waals surface area contributed by atoms with Gasteiger partial charge in [0.05, 0.1) is 0 Å². The summed E-state index contributed by atoms with van der Waals surface area (Å²) in [5.74, 6) is -0.301. The molecule has 1 amide bonds. The van der Waals surface area contributed by atoms with Crippen molar-refractivity contribution in [2.24, 2.45) is 5.73 Å². The van der Waals surface area contributed by atoms with Crippen LogP contribution < -0.4 is 11.1 Å². The van der Waals surface area contributed by atoms with Gasteiger partial charge < -0.3 is 5.73 Å². The molecule has 0 aromatic heterocycles. The van der Waals surface area contributed by atoms with E-state index in [9.17, 15) is 4.79 Å². The Labute approximate surface area is 129 Å². The SMILES string of the molecule is Cc1ccc(C(NC2CCCCCC2)C(N)=O)cc1Br. The number of nitrogens with one attached hydrogen (secondary N) is 1. The lowest BCUT2D eigenvalue weighted by Gasteiger charge is -2.23. The van der Waals surface area contributed by atoms with Crippen LogP contribution in [0.4, 0.5) is 0 Å². The molecule has 110 valence electrons. The molecule has 4 heteroatoms. The maximum absolute atomic E-state index is 11.8. The molecule has 3 N–H and O–H groups in total. The van der Waals surface area contributed by atoms with E-state index in [0.717, 1.165) is 28.4 Å². The minimum absolute atomic E-state index is 0.301. The van der Waals surface area contributed by atoms with Crippen LogP contribution in [0.2, 0.25) is 0 Å². The van der Waals surface area contributed by atoms with Crippen molar-refractivity contribution < 1.29 is 4.79 Å². The standard InChI is InChI=1S/C16H23BrN2O/c1-11-8-9-12(10-14(11)17)15(16(18)20)19-13-6-4-2-3-5-7-13/h8-10,13,15,19H,2-7H2,1H3,(H2,18,20). The minimum atomic E-state index is -0.394. The molecule has 3 nitrogen and oxygen atoms in total. The molecule has 0 spiro atoms. The number of rotatable bonds is 4. The van der Waals surface area contributed by atoms with Crippen molar-refractivity contribution in [2.45, 2.75) is 57.5 Å². The van der Waals surface area contributed by atoms with Gasteiger partial charge in [0.15, 0.2) is 0 Å². The van der Waals surface area contributed by atoms with Crippen LogP contribution in [0.15, 0.2) is 22.7 Å². The van der Waals surface area contributed by atoms with E-state index < -0.39 is 6.04 Å². The summed E-state index contributed by atoms with van der Waals surface area (Å²) in [6, 6.07) is 6.00. The van der Waals surface area contributed by atoms with Crippen molar-refractivity contribution in [3.8, 4) is 0 Å². The first kappa shape index (κ1) is 15.5. The summed E-state index contributed by atoms with van der Waals surface area (Å²) < 4.78 is 1.02. The molecule has 1 aromatic rings. The first-order chi connectivity index (χ1) is 9.58. The van der Waals surface area contributed by atoms with E-state index in [1.807, 2.05) is 25.1 Å². The number of benzene rings is 1. The predicted molar refractivity (Wildman–Crippen MR) is 85.4 cm³/mol. The fourth-order valence-electron chi connectivity index (χ4n) is 2.81. The molecule has 0 saturated heterocycles. The Morgan fingerprint density at radius 3 is 2.50 bits per heavy atom. The van der Waals surface area contributed by atoms with Crippen molar-refractivity contribution in [2.75, 3.05) is 0 Å². The molecule has 1 saturated carbocycles. The van der Waals surface area contributed by atoms with E-state index in [4.69, 9.17) is 5.73 Å². The normalized spacial score (nSPS) is 18.5. The van der Waals surface area contributed by atoms with Crippen LogP contribution in [0.1, 0.15) is 55.7 Å². The summed E-state index contributed by atoms with van der Waals surface area (Å²) in [5.41, 5.74) is 7.70. The number of hydrogen-bond acceptors (Lipinski definition) is 2. The predicted octanol–water partition coefficient (Wildman–Crippen LogP) is 3.60. The van der Waals surface area contributed by atoms with E-state index in [1.165, 1.54) is 25.7 Å². The van der Waals surface area contributed by atoms with Crippen LogP contribution in [0, 0.1) is 6.92 Å². The van der Waals surface area contributed by atoms with Gasteiger partial charge in [0.2, 0.25) is 5.91 Å². The third-order valence-electron chi connectivity index (χ3n) is 4.07. The van der Waals surface area contributed by atoms with Crippen LogP contribution in [0.25, 0.3) is 0 Å². The first-order valence-corrected chi connectivity index (χ1v) is 8.18. The number of nitrogens with two attached hydrogens (primary N) is 1. The first-order valence-electron chi connectivity index (χ1n) is 7.39. The molecule has 0 radical (unpaired) electrons. The lowest BCUT2D eigenvalue weighted by molar-refractivity contribution is -0.120. The number of primary amides is 1. The Bertz CT molecular complexity index is 468. The number of carbonyl (C=O) groups is 1. The van der Waals surface area contributed by atoms with Crippen molar-refractivity contribution >= 4 is 21.8 Å². The van der Waals surface area contributed by atoms with Crippen molar-refractivity contribution in [1.29, 1.82) is 0 Å². The molecule has 0 bridgehead atoms. The summed E-state index contributed by atoms with van der Waals surface area (Å²) >= 11 is 3.52. The summed E-state index contributed by atoms with van der Waals surface area (Å²) in [6.45, 7) is 2.03. The molecule has 1 fully saturated rings. The van der Waals surface area contributed by atoms with Gasteiger partial charge in [-0.3, -0.25) is 10.1 Å². The summed E-state index contributed by atoms with van der Waals surface area (Å²) in [7, 11) is 0. The van der Waals surface area contributed by atoms with Gasteiger partial charge in [0.25, 0.3) is 0 Å². The van der Waals surface area contributed by atoms with E-state index in [0.29, 0.717) is 6.04 Å². The average Bonchev–Trinajstić information content (AvgIpc) is 2.67.